The van der Waals surface area contributed by atoms with Crippen molar-refractivity contribution in [3.8, 4) is 0 Å². The summed E-state index contributed by atoms with van der Waals surface area (Å²) < 4.78 is 49.7. The zero-order chi connectivity index (χ0) is 11.8. The van der Waals surface area contributed by atoms with Gasteiger partial charge in [-0.2, -0.15) is 13.2 Å². The summed E-state index contributed by atoms with van der Waals surface area (Å²) in [6.07, 6.45) is -4.75. The Hall–Kier alpha value is -1.30. The van der Waals surface area contributed by atoms with Gasteiger partial charge >= 0.3 is 6.18 Å². The van der Waals surface area contributed by atoms with Crippen molar-refractivity contribution in [3.05, 3.63) is 34.1 Å². The van der Waals surface area contributed by atoms with Gasteiger partial charge in [0, 0.05) is 0 Å². The Kier molecular flexibility index (Phi) is 2.90. The summed E-state index contributed by atoms with van der Waals surface area (Å²) in [4.78, 5) is 10.7. The van der Waals surface area contributed by atoms with Gasteiger partial charge in [0.05, 0.1) is 16.1 Å². The first kappa shape index (κ1) is 11.8. The van der Waals surface area contributed by atoms with Crippen LogP contribution in [-0.4, -0.2) is 5.91 Å². The lowest BCUT2D eigenvalue weighted by molar-refractivity contribution is -0.137. The molecule has 0 aliphatic rings. The van der Waals surface area contributed by atoms with Crippen LogP contribution in [-0.2, 0) is 6.18 Å². The highest BCUT2D eigenvalue weighted by atomic mass is 35.5. The third kappa shape index (κ3) is 2.20. The molecule has 15 heavy (non-hydrogen) atoms. The highest BCUT2D eigenvalue weighted by Crippen LogP contribution is 2.36. The quantitative estimate of drug-likeness (QED) is 0.755. The number of rotatable bonds is 1. The highest BCUT2D eigenvalue weighted by molar-refractivity contribution is 6.34. The fourth-order valence-corrected chi connectivity index (χ4v) is 1.35. The first-order valence-electron chi connectivity index (χ1n) is 3.60. The fraction of sp³-hybridized carbons (Fsp3) is 0.125. The summed E-state index contributed by atoms with van der Waals surface area (Å²) in [6, 6.07) is 0.943. The summed E-state index contributed by atoms with van der Waals surface area (Å²) in [5.41, 5.74) is 2.45. The molecule has 0 bridgehead atoms. The Morgan fingerprint density at radius 1 is 1.33 bits per heavy atom. The topological polar surface area (TPSA) is 43.1 Å². The van der Waals surface area contributed by atoms with Crippen molar-refractivity contribution in [3.63, 3.8) is 0 Å². The van der Waals surface area contributed by atoms with Crippen molar-refractivity contribution in [2.75, 3.05) is 0 Å². The van der Waals surface area contributed by atoms with Gasteiger partial charge in [0.1, 0.15) is 5.82 Å². The van der Waals surface area contributed by atoms with Crippen molar-refractivity contribution in [1.29, 1.82) is 0 Å². The van der Waals surface area contributed by atoms with E-state index in [1.165, 1.54) is 0 Å². The van der Waals surface area contributed by atoms with Crippen LogP contribution in [0.25, 0.3) is 0 Å². The molecular formula is C8H4ClF4NO. The van der Waals surface area contributed by atoms with Crippen LogP contribution in [0.4, 0.5) is 17.6 Å². The summed E-state index contributed by atoms with van der Waals surface area (Å²) >= 11 is 5.23. The van der Waals surface area contributed by atoms with Crippen LogP contribution in [0.3, 0.4) is 0 Å². The van der Waals surface area contributed by atoms with Gasteiger partial charge in [-0.3, -0.25) is 4.79 Å². The first-order chi connectivity index (χ1) is 6.75. The van der Waals surface area contributed by atoms with E-state index in [1.54, 1.807) is 0 Å². The average molecular weight is 242 g/mol. The van der Waals surface area contributed by atoms with E-state index in [9.17, 15) is 22.4 Å². The van der Waals surface area contributed by atoms with Gasteiger partial charge in [0.15, 0.2) is 0 Å². The average Bonchev–Trinajstić information content (AvgIpc) is 2.00. The Labute approximate surface area is 86.6 Å². The zero-order valence-corrected chi connectivity index (χ0v) is 7.79. The van der Waals surface area contributed by atoms with Crippen molar-refractivity contribution in [2.45, 2.75) is 6.18 Å². The molecule has 2 N–H and O–H groups in total. The normalized spacial score (nSPS) is 11.5. The van der Waals surface area contributed by atoms with Gasteiger partial charge in [-0.05, 0) is 12.1 Å². The molecule has 0 saturated carbocycles. The van der Waals surface area contributed by atoms with E-state index >= 15 is 0 Å². The molecule has 0 unspecified atom stereocenters. The van der Waals surface area contributed by atoms with Gasteiger partial charge in [0.25, 0.3) is 5.91 Å². The number of benzene rings is 1. The van der Waals surface area contributed by atoms with E-state index < -0.39 is 34.1 Å². The minimum atomic E-state index is -4.75. The fourth-order valence-electron chi connectivity index (χ4n) is 0.997. The lowest BCUT2D eigenvalue weighted by atomic mass is 10.1. The van der Waals surface area contributed by atoms with E-state index in [0.29, 0.717) is 12.1 Å². The number of amides is 1. The second kappa shape index (κ2) is 3.69. The Balaban J connectivity index is 3.49. The summed E-state index contributed by atoms with van der Waals surface area (Å²) in [7, 11) is 0. The van der Waals surface area contributed by atoms with Crippen molar-refractivity contribution < 1.29 is 22.4 Å². The zero-order valence-electron chi connectivity index (χ0n) is 7.03. The third-order valence-electron chi connectivity index (χ3n) is 1.64. The molecule has 0 radical (unpaired) electrons. The molecule has 2 nitrogen and oxygen atoms in total. The van der Waals surface area contributed by atoms with Crippen LogP contribution >= 0.6 is 11.6 Å². The van der Waals surface area contributed by atoms with E-state index in [4.69, 9.17) is 17.3 Å². The second-order valence-electron chi connectivity index (χ2n) is 2.65. The molecule has 7 heteroatoms. The largest absolute Gasteiger partial charge is 0.417 e. The van der Waals surface area contributed by atoms with Crippen LogP contribution in [0, 0.1) is 5.82 Å². The SMILES string of the molecule is NC(=O)c1c(F)ccc(C(F)(F)F)c1Cl. The van der Waals surface area contributed by atoms with Crippen LogP contribution in [0.2, 0.25) is 5.02 Å². The number of alkyl halides is 3. The minimum Gasteiger partial charge on any atom is -0.365 e. The van der Waals surface area contributed by atoms with Crippen LogP contribution in [0.1, 0.15) is 15.9 Å². The third-order valence-corrected chi connectivity index (χ3v) is 2.04. The molecule has 1 amide bonds. The maximum absolute atomic E-state index is 12.9. The molecule has 1 aromatic carbocycles. The molecule has 0 aromatic heterocycles. The Morgan fingerprint density at radius 3 is 2.27 bits per heavy atom. The molecule has 0 spiro atoms. The van der Waals surface area contributed by atoms with Crippen LogP contribution in [0.15, 0.2) is 12.1 Å². The highest BCUT2D eigenvalue weighted by Gasteiger charge is 2.35. The smallest absolute Gasteiger partial charge is 0.365 e. The predicted octanol–water partition coefficient (Wildman–Crippen LogP) is 2.60. The van der Waals surface area contributed by atoms with E-state index in [2.05, 4.69) is 0 Å². The summed E-state index contributed by atoms with van der Waals surface area (Å²) in [5, 5.41) is -1.02. The number of carbonyl (C=O) groups is 1. The second-order valence-corrected chi connectivity index (χ2v) is 3.02. The molecule has 1 rings (SSSR count). The Morgan fingerprint density at radius 2 is 1.87 bits per heavy atom. The molecular weight excluding hydrogens is 238 g/mol. The number of primary amides is 1. The molecule has 0 fully saturated rings. The van der Waals surface area contributed by atoms with Gasteiger partial charge in [-0.15, -0.1) is 0 Å². The van der Waals surface area contributed by atoms with E-state index in [1.807, 2.05) is 0 Å². The minimum absolute atomic E-state index is 0.449. The van der Waals surface area contributed by atoms with Gasteiger partial charge < -0.3 is 5.73 Å². The van der Waals surface area contributed by atoms with E-state index in [0.717, 1.165) is 0 Å². The molecule has 0 heterocycles. The molecule has 0 saturated heterocycles. The van der Waals surface area contributed by atoms with Gasteiger partial charge in [0.2, 0.25) is 0 Å². The van der Waals surface area contributed by atoms with Crippen LogP contribution < -0.4 is 5.73 Å². The standard InChI is InChI=1S/C8H4ClF4NO/c9-6-3(8(11,12)13)1-2-4(10)5(6)7(14)15/h1-2H,(H2,14,15). The van der Waals surface area contributed by atoms with Crippen molar-refractivity contribution in [2.24, 2.45) is 5.73 Å². The maximum atomic E-state index is 12.9. The summed E-state index contributed by atoms with van der Waals surface area (Å²) in [5.74, 6) is -2.52. The predicted molar refractivity (Wildman–Crippen MR) is 44.9 cm³/mol. The van der Waals surface area contributed by atoms with Crippen LogP contribution in [0.5, 0.6) is 0 Å². The van der Waals surface area contributed by atoms with Crippen molar-refractivity contribution >= 4 is 17.5 Å². The number of hydrogen-bond acceptors (Lipinski definition) is 1. The molecule has 0 aliphatic carbocycles. The molecule has 0 atom stereocenters. The monoisotopic (exact) mass is 241 g/mol. The maximum Gasteiger partial charge on any atom is 0.417 e. The Bertz CT molecular complexity index is 416. The number of carbonyl (C=O) groups excluding carboxylic acids is 1. The summed E-state index contributed by atoms with van der Waals surface area (Å²) in [6.45, 7) is 0. The van der Waals surface area contributed by atoms with E-state index in [-0.39, 0.29) is 0 Å². The number of halogens is 5. The lowest BCUT2D eigenvalue weighted by Crippen LogP contribution is -2.17. The molecule has 0 aliphatic heterocycles. The lowest BCUT2D eigenvalue weighted by Gasteiger charge is -2.11. The molecule has 82 valence electrons. The molecule has 1 aromatic rings. The van der Waals surface area contributed by atoms with Gasteiger partial charge in [-0.1, -0.05) is 11.6 Å². The number of hydrogen-bond donors (Lipinski definition) is 1. The van der Waals surface area contributed by atoms with Gasteiger partial charge in [-0.25, -0.2) is 4.39 Å². The first-order valence-corrected chi connectivity index (χ1v) is 3.98. The van der Waals surface area contributed by atoms with Crippen molar-refractivity contribution in [1.82, 2.24) is 0 Å². The number of nitrogens with two attached hydrogens (primary N) is 1.